The van der Waals surface area contributed by atoms with Crippen LogP contribution in [0.4, 0.5) is 15.4 Å². The summed E-state index contributed by atoms with van der Waals surface area (Å²) in [6, 6.07) is 13.1. The third kappa shape index (κ3) is 17.3. The molecular formula is C37H28Cl6N6O10S3. The Bertz CT molecular complexity index is 2510. The molecule has 6 aromatic rings. The zero-order chi connectivity index (χ0) is 46.1. The van der Waals surface area contributed by atoms with Crippen LogP contribution in [-0.4, -0.2) is 74.1 Å². The number of hydrogen-bond acceptors (Lipinski definition) is 15. The summed E-state index contributed by atoms with van der Waals surface area (Å²) in [5, 5.41) is 25.2. The molecule has 0 aliphatic rings. The lowest BCUT2D eigenvalue weighted by Gasteiger charge is -2.03. The molecule has 3 heterocycles. The summed E-state index contributed by atoms with van der Waals surface area (Å²) in [5.41, 5.74) is 5.99. The number of ether oxygens (including phenoxy) is 2. The number of hydrogen-bond donors (Lipinski definition) is 5. The topological polar surface area (TPSA) is 250 Å². The number of nitrogens with zero attached hydrogens (tertiary/aromatic N) is 3. The molecule has 3 aromatic heterocycles. The van der Waals surface area contributed by atoms with E-state index in [1.54, 1.807) is 13.8 Å². The Kier molecular flexibility index (Phi) is 20.8. The zero-order valence-electron chi connectivity index (χ0n) is 31.4. The third-order valence-corrected chi connectivity index (χ3v) is 10.4. The van der Waals surface area contributed by atoms with Crippen LogP contribution in [-0.2, 0) is 9.47 Å². The lowest BCUT2D eigenvalue weighted by atomic mass is 10.2. The molecular weight excluding hydrogens is 997 g/mol. The van der Waals surface area contributed by atoms with Crippen molar-refractivity contribution < 1.29 is 48.5 Å². The molecule has 6 rings (SSSR count). The van der Waals surface area contributed by atoms with Crippen molar-refractivity contribution in [3.63, 3.8) is 0 Å². The molecule has 0 unspecified atom stereocenters. The van der Waals surface area contributed by atoms with Gasteiger partial charge in [-0.05, 0) is 68.4 Å². The Labute approximate surface area is 393 Å². The number of nitrogens with one attached hydrogen (secondary N) is 2. The first-order chi connectivity index (χ1) is 29.3. The highest BCUT2D eigenvalue weighted by molar-refractivity contribution is 7.18. The molecule has 0 fully saturated rings. The van der Waals surface area contributed by atoms with Crippen molar-refractivity contribution in [2.75, 3.05) is 29.6 Å². The van der Waals surface area contributed by atoms with Gasteiger partial charge in [0, 0.05) is 41.3 Å². The fourth-order valence-corrected chi connectivity index (χ4v) is 7.54. The summed E-state index contributed by atoms with van der Waals surface area (Å²) in [7, 11) is 0. The van der Waals surface area contributed by atoms with Crippen molar-refractivity contribution in [3.8, 4) is 0 Å². The lowest BCUT2D eigenvalue weighted by Crippen LogP contribution is -2.11. The predicted molar refractivity (Wildman–Crippen MR) is 242 cm³/mol. The second-order valence-corrected chi connectivity index (χ2v) is 16.8. The summed E-state index contributed by atoms with van der Waals surface area (Å²) in [6.45, 7) is 4.11. The first kappa shape index (κ1) is 51.3. The van der Waals surface area contributed by atoms with Gasteiger partial charge in [-0.25, -0.2) is 34.1 Å². The van der Waals surface area contributed by atoms with E-state index in [4.69, 9.17) is 95.0 Å². The molecule has 0 atom stereocenters. The SMILES string of the molecule is CCOC(=O)c1cnc(N)s1.CCOC(=O)c1cnc(NC(=O)c2cc(Cl)cc(Cl)c2)s1.O=C(Nc1ncc(C(=O)O)s1)c1cc(Cl)cc(Cl)c1.O=C(O)c1cc(Cl)cc(Cl)c1. The van der Waals surface area contributed by atoms with Crippen LogP contribution in [0.5, 0.6) is 0 Å². The molecule has 0 aliphatic carbocycles. The number of benzene rings is 3. The Morgan fingerprint density at radius 3 is 1.19 bits per heavy atom. The van der Waals surface area contributed by atoms with Crippen LogP contribution in [0.2, 0.25) is 30.1 Å². The number of rotatable bonds is 10. The first-order valence-corrected chi connectivity index (χ1v) is 21.4. The minimum Gasteiger partial charge on any atom is -0.478 e. The Balaban J connectivity index is 0.000000229. The predicted octanol–water partition coefficient (Wildman–Crippen LogP) is 10.9. The van der Waals surface area contributed by atoms with Gasteiger partial charge in [0.1, 0.15) is 14.6 Å². The fraction of sp³-hybridized carbons (Fsp3) is 0.108. The zero-order valence-corrected chi connectivity index (χ0v) is 38.4. The van der Waals surface area contributed by atoms with E-state index in [1.165, 1.54) is 73.2 Å². The molecule has 25 heteroatoms. The molecule has 0 aliphatic heterocycles. The monoisotopic (exact) mass is 1020 g/mol. The summed E-state index contributed by atoms with van der Waals surface area (Å²) in [4.78, 5) is 79.7. The van der Waals surface area contributed by atoms with Gasteiger partial charge in [-0.2, -0.15) is 0 Å². The third-order valence-electron chi connectivity index (χ3n) is 6.50. The van der Waals surface area contributed by atoms with Crippen LogP contribution in [0.3, 0.4) is 0 Å². The van der Waals surface area contributed by atoms with Gasteiger partial charge in [-0.15, -0.1) is 0 Å². The number of thiazole rings is 3. The van der Waals surface area contributed by atoms with Crippen molar-refractivity contribution in [2.45, 2.75) is 13.8 Å². The summed E-state index contributed by atoms with van der Waals surface area (Å²) in [6.07, 6.45) is 3.94. The van der Waals surface area contributed by atoms with Crippen LogP contribution in [0.15, 0.2) is 73.2 Å². The van der Waals surface area contributed by atoms with Crippen molar-refractivity contribution in [2.24, 2.45) is 0 Å². The van der Waals surface area contributed by atoms with Gasteiger partial charge in [0.05, 0.1) is 37.4 Å². The van der Waals surface area contributed by atoms with Crippen molar-refractivity contribution >= 4 is 155 Å². The van der Waals surface area contributed by atoms with E-state index in [9.17, 15) is 28.8 Å². The van der Waals surface area contributed by atoms with Crippen LogP contribution >= 0.6 is 104 Å². The largest absolute Gasteiger partial charge is 0.478 e. The number of esters is 2. The lowest BCUT2D eigenvalue weighted by molar-refractivity contribution is 0.0522. The molecule has 62 heavy (non-hydrogen) atoms. The highest BCUT2D eigenvalue weighted by Gasteiger charge is 2.16. The minimum absolute atomic E-state index is 0.0411. The number of nitrogens with two attached hydrogens (primary N) is 1. The van der Waals surface area contributed by atoms with Gasteiger partial charge >= 0.3 is 23.9 Å². The van der Waals surface area contributed by atoms with Gasteiger partial charge in [0.25, 0.3) is 11.8 Å². The summed E-state index contributed by atoms with van der Waals surface area (Å²) < 4.78 is 9.56. The molecule has 326 valence electrons. The molecule has 16 nitrogen and oxygen atoms in total. The highest BCUT2D eigenvalue weighted by Crippen LogP contribution is 2.25. The average Bonchev–Trinajstić information content (AvgIpc) is 3.97. The number of halogens is 6. The molecule has 0 spiro atoms. The van der Waals surface area contributed by atoms with Crippen LogP contribution in [0, 0.1) is 0 Å². The molecule has 6 N–H and O–H groups in total. The van der Waals surface area contributed by atoms with Crippen molar-refractivity contribution in [3.05, 3.63) is 135 Å². The van der Waals surface area contributed by atoms with E-state index in [1.807, 2.05) is 0 Å². The Morgan fingerprint density at radius 1 is 0.532 bits per heavy atom. The average molecular weight is 1030 g/mol. The Hall–Kier alpha value is -5.09. The number of aromatic nitrogens is 3. The van der Waals surface area contributed by atoms with Gasteiger partial charge in [0.2, 0.25) is 0 Å². The highest BCUT2D eigenvalue weighted by atomic mass is 35.5. The normalized spacial score (nSPS) is 10.0. The van der Waals surface area contributed by atoms with Crippen molar-refractivity contribution in [1.29, 1.82) is 0 Å². The number of anilines is 3. The second-order valence-electron chi connectivity index (χ2n) is 11.1. The van der Waals surface area contributed by atoms with Gasteiger partial charge in [0.15, 0.2) is 15.4 Å². The van der Waals surface area contributed by atoms with E-state index in [-0.39, 0.29) is 33.7 Å². The molecule has 3 aromatic carbocycles. The molecule has 0 saturated heterocycles. The van der Waals surface area contributed by atoms with E-state index in [0.717, 1.165) is 34.0 Å². The molecule has 0 radical (unpaired) electrons. The number of carboxylic acid groups (broad SMARTS) is 2. The number of nitrogen functional groups attached to an aromatic ring is 1. The number of amides is 2. The smallest absolute Gasteiger partial charge is 0.350 e. The maximum absolute atomic E-state index is 12.0. The van der Waals surface area contributed by atoms with E-state index >= 15 is 0 Å². The van der Waals surface area contributed by atoms with Gasteiger partial charge < -0.3 is 25.4 Å². The van der Waals surface area contributed by atoms with Gasteiger partial charge in [-0.3, -0.25) is 20.2 Å². The van der Waals surface area contributed by atoms with Crippen LogP contribution in [0.25, 0.3) is 0 Å². The van der Waals surface area contributed by atoms with E-state index in [2.05, 4.69) is 25.6 Å². The standard InChI is InChI=1S/C13H10Cl2N2O3S.C11H6Cl2N2O3S.C7H4Cl2O2.C6H8N2O2S/c1-2-20-12(19)10-6-16-13(21-10)17-11(18)7-3-8(14)5-9(15)4-7;12-6-1-5(2-7(13)3-6)9(16)15-11-14-4-8(19-11)10(17)18;8-5-1-4(7(10)11)2-6(9)3-5;1-2-10-5(9)4-3-8-6(7)11-4/h3-6H,2H2,1H3,(H,16,17,18);1-4H,(H,17,18)(H,14,15,16);1-3H,(H,10,11);3H,2H2,1H3,(H2,7,8). The Morgan fingerprint density at radius 2 is 0.871 bits per heavy atom. The van der Waals surface area contributed by atoms with Crippen molar-refractivity contribution in [1.82, 2.24) is 15.0 Å². The fourth-order valence-electron chi connectivity index (χ4n) is 4.03. The number of carboxylic acids is 2. The van der Waals surface area contributed by atoms with Crippen LogP contribution < -0.4 is 16.4 Å². The molecule has 0 saturated carbocycles. The quantitative estimate of drug-likeness (QED) is 0.0801. The maximum atomic E-state index is 12.0. The molecule has 0 bridgehead atoms. The maximum Gasteiger partial charge on any atom is 0.350 e. The molecule has 2 amide bonds. The van der Waals surface area contributed by atoms with Gasteiger partial charge in [-0.1, -0.05) is 104 Å². The number of aromatic carboxylic acids is 2. The number of carbonyl (C=O) groups is 6. The van der Waals surface area contributed by atoms with E-state index in [0.29, 0.717) is 62.3 Å². The summed E-state index contributed by atoms with van der Waals surface area (Å²) >= 11 is 37.4. The second kappa shape index (κ2) is 25.1. The number of carbonyl (C=O) groups excluding carboxylic acids is 4. The van der Waals surface area contributed by atoms with E-state index < -0.39 is 29.7 Å². The minimum atomic E-state index is -1.09. The van der Waals surface area contributed by atoms with Crippen LogP contribution in [0.1, 0.15) is 73.9 Å². The summed E-state index contributed by atoms with van der Waals surface area (Å²) in [5.74, 6) is -3.83. The first-order valence-electron chi connectivity index (χ1n) is 16.7.